The van der Waals surface area contributed by atoms with E-state index in [2.05, 4.69) is 42.8 Å². The Bertz CT molecular complexity index is 1330. The number of carbonyl (C=O) groups is 1. The number of fused-ring (bicyclic) bond motifs is 6. The molecule has 4 nitrogen and oxygen atoms in total. The number of hydrogen-bond donors (Lipinski definition) is 1. The molecule has 1 N–H and O–H groups in total. The minimum atomic E-state index is -0.0699. The highest BCUT2D eigenvalue weighted by molar-refractivity contribution is 5.87. The Morgan fingerprint density at radius 3 is 2.50 bits per heavy atom. The molecule has 0 unspecified atom stereocenters. The van der Waals surface area contributed by atoms with Gasteiger partial charge in [0.1, 0.15) is 11.5 Å². The van der Waals surface area contributed by atoms with E-state index in [1.165, 1.54) is 36.2 Å². The molecule has 3 aromatic rings. The van der Waals surface area contributed by atoms with Gasteiger partial charge in [0.15, 0.2) is 0 Å². The van der Waals surface area contributed by atoms with Gasteiger partial charge in [-0.25, -0.2) is 4.68 Å². The van der Waals surface area contributed by atoms with Crippen LogP contribution in [0.5, 0.6) is 5.75 Å². The Kier molecular flexibility index (Phi) is 4.84. The van der Waals surface area contributed by atoms with E-state index in [9.17, 15) is 9.90 Å². The molecule has 0 aliphatic heterocycles. The van der Waals surface area contributed by atoms with Crippen molar-refractivity contribution < 1.29 is 9.90 Å². The molecular formula is C32H36N2O2. The van der Waals surface area contributed by atoms with Crippen molar-refractivity contribution in [1.82, 2.24) is 9.78 Å². The Morgan fingerprint density at radius 2 is 1.72 bits per heavy atom. The molecule has 3 saturated carbocycles. The first kappa shape index (κ1) is 22.3. The lowest BCUT2D eigenvalue weighted by Gasteiger charge is -2.59. The van der Waals surface area contributed by atoms with E-state index in [0.29, 0.717) is 29.5 Å². The summed E-state index contributed by atoms with van der Waals surface area (Å²) in [5.74, 6) is 3.41. The number of hydrogen-bond acceptors (Lipinski definition) is 3. The second-order valence-corrected chi connectivity index (χ2v) is 12.5. The molecule has 1 heterocycles. The number of phenolic OH excluding ortho intramolecular Hbond substituents is 1. The van der Waals surface area contributed by atoms with Crippen molar-refractivity contribution >= 4 is 5.78 Å². The van der Waals surface area contributed by atoms with Crippen molar-refractivity contribution in [2.24, 2.45) is 34.5 Å². The topological polar surface area (TPSA) is 55.1 Å². The zero-order chi connectivity index (χ0) is 24.7. The third-order valence-electron chi connectivity index (χ3n) is 11.0. The Hall–Kier alpha value is -2.88. The molecule has 4 aliphatic carbocycles. The number of Topliss-reactive ketones (excluding diaryl/α,β-unsaturated/α-hetero) is 1. The number of aromatic hydroxyl groups is 1. The average molecular weight is 481 g/mol. The van der Waals surface area contributed by atoms with E-state index in [1.807, 2.05) is 18.2 Å². The van der Waals surface area contributed by atoms with Gasteiger partial charge in [-0.3, -0.25) is 4.79 Å². The lowest BCUT2D eigenvalue weighted by Crippen LogP contribution is -2.54. The van der Waals surface area contributed by atoms with Gasteiger partial charge in [-0.05, 0) is 110 Å². The van der Waals surface area contributed by atoms with Crippen LogP contribution in [0.1, 0.15) is 63.6 Å². The monoisotopic (exact) mass is 480 g/mol. The normalized spacial score (nSPS) is 35.0. The smallest absolute Gasteiger partial charge is 0.139 e. The lowest BCUT2D eigenvalue weighted by atomic mass is 9.45. The minimum absolute atomic E-state index is 0.0699. The Morgan fingerprint density at radius 1 is 0.944 bits per heavy atom. The summed E-state index contributed by atoms with van der Waals surface area (Å²) in [6.07, 6.45) is 8.78. The quantitative estimate of drug-likeness (QED) is 0.440. The molecule has 4 heteroatoms. The number of phenols is 1. The summed E-state index contributed by atoms with van der Waals surface area (Å²) < 4.78 is 2.14. The molecule has 3 fully saturated rings. The second-order valence-electron chi connectivity index (χ2n) is 12.5. The highest BCUT2D eigenvalue weighted by atomic mass is 16.3. The van der Waals surface area contributed by atoms with Crippen LogP contribution in [-0.4, -0.2) is 20.7 Å². The van der Waals surface area contributed by atoms with Gasteiger partial charge < -0.3 is 5.11 Å². The number of rotatable bonds is 2. The van der Waals surface area contributed by atoms with Crippen LogP contribution in [0.25, 0.3) is 16.9 Å². The second kappa shape index (κ2) is 7.81. The molecule has 4 aliphatic rings. The molecule has 0 bridgehead atoms. The average Bonchev–Trinajstić information content (AvgIpc) is 3.40. The third kappa shape index (κ3) is 3.06. The molecule has 2 aromatic carbocycles. The first-order valence-electron chi connectivity index (χ1n) is 13.9. The molecule has 0 amide bonds. The van der Waals surface area contributed by atoms with Crippen molar-refractivity contribution in [1.29, 1.82) is 0 Å². The van der Waals surface area contributed by atoms with Crippen LogP contribution < -0.4 is 0 Å². The van der Waals surface area contributed by atoms with Gasteiger partial charge in [-0.1, -0.05) is 32.0 Å². The first-order valence-corrected chi connectivity index (χ1v) is 13.9. The molecule has 186 valence electrons. The predicted molar refractivity (Wildman–Crippen MR) is 141 cm³/mol. The highest BCUT2D eigenvalue weighted by Crippen LogP contribution is 2.65. The van der Waals surface area contributed by atoms with Crippen LogP contribution >= 0.6 is 0 Å². The molecule has 6 atom stereocenters. The van der Waals surface area contributed by atoms with E-state index in [0.717, 1.165) is 43.4 Å². The summed E-state index contributed by atoms with van der Waals surface area (Å²) in [5, 5.41) is 15.2. The largest absolute Gasteiger partial charge is 0.508 e. The van der Waals surface area contributed by atoms with Gasteiger partial charge in [0.2, 0.25) is 0 Å². The maximum Gasteiger partial charge on any atom is 0.139 e. The van der Waals surface area contributed by atoms with Gasteiger partial charge in [0.25, 0.3) is 0 Å². The standard InChI is InChI=1S/C32H36N2O2/c1-31-17-16-27-24(26(31)14-15-29(31)36)13-10-21-18-28-25(19-32(21,27)2)30(20-8-11-23(35)12-9-20)34(33-28)22-6-4-3-5-7-22/h3-9,11-12,21,24,26-27,35H,10,13-19H2,1-2H3/t21-,24-,26-,27-,31-,32-/m0/s1. The summed E-state index contributed by atoms with van der Waals surface area (Å²) in [4.78, 5) is 12.9. The highest BCUT2D eigenvalue weighted by Gasteiger charge is 2.60. The van der Waals surface area contributed by atoms with E-state index in [-0.39, 0.29) is 16.6 Å². The van der Waals surface area contributed by atoms with Crippen molar-refractivity contribution in [3.8, 4) is 22.7 Å². The maximum atomic E-state index is 12.9. The SMILES string of the molecule is C[C@]12Cc3c(nn(-c4ccccc4)c3-c3ccc(O)cc3)C[C@@H]1CC[C@@H]1[C@@H]2CC[C@]2(C)C(=O)CC[C@@H]12. The minimum Gasteiger partial charge on any atom is -0.508 e. The van der Waals surface area contributed by atoms with E-state index >= 15 is 0 Å². The van der Waals surface area contributed by atoms with Gasteiger partial charge in [0.05, 0.1) is 17.1 Å². The molecule has 0 saturated heterocycles. The summed E-state index contributed by atoms with van der Waals surface area (Å²) in [7, 11) is 0. The number of nitrogens with zero attached hydrogens (tertiary/aromatic N) is 2. The van der Waals surface area contributed by atoms with Crippen LogP contribution in [0.15, 0.2) is 54.6 Å². The lowest BCUT2D eigenvalue weighted by molar-refractivity contribution is -0.136. The molecule has 7 rings (SSSR count). The van der Waals surface area contributed by atoms with Crippen LogP contribution in [0, 0.1) is 34.5 Å². The van der Waals surface area contributed by atoms with Crippen molar-refractivity contribution in [2.45, 2.75) is 65.2 Å². The fourth-order valence-electron chi connectivity index (χ4n) is 9.05. The van der Waals surface area contributed by atoms with Gasteiger partial charge in [0, 0.05) is 23.0 Å². The number of para-hydroxylation sites is 1. The van der Waals surface area contributed by atoms with Crippen molar-refractivity contribution in [2.75, 3.05) is 0 Å². The Labute approximate surface area is 213 Å². The van der Waals surface area contributed by atoms with Crippen LogP contribution in [0.3, 0.4) is 0 Å². The summed E-state index contributed by atoms with van der Waals surface area (Å²) in [6.45, 7) is 4.85. The Balaban J connectivity index is 1.33. The molecular weight excluding hydrogens is 444 g/mol. The maximum absolute atomic E-state index is 12.9. The zero-order valence-electron chi connectivity index (χ0n) is 21.4. The van der Waals surface area contributed by atoms with Crippen LogP contribution in [0.4, 0.5) is 0 Å². The first-order chi connectivity index (χ1) is 17.4. The fourth-order valence-corrected chi connectivity index (χ4v) is 9.05. The number of benzene rings is 2. The molecule has 0 radical (unpaired) electrons. The molecule has 1 aromatic heterocycles. The van der Waals surface area contributed by atoms with E-state index in [4.69, 9.17) is 5.10 Å². The third-order valence-corrected chi connectivity index (χ3v) is 11.0. The predicted octanol–water partition coefficient (Wildman–Crippen LogP) is 6.77. The van der Waals surface area contributed by atoms with Gasteiger partial charge in [-0.2, -0.15) is 5.10 Å². The fraction of sp³-hybridized carbons (Fsp3) is 0.500. The summed E-state index contributed by atoms with van der Waals surface area (Å²) >= 11 is 0. The summed E-state index contributed by atoms with van der Waals surface area (Å²) in [5.41, 5.74) is 6.17. The van der Waals surface area contributed by atoms with Gasteiger partial charge in [-0.15, -0.1) is 0 Å². The number of ketones is 1. The van der Waals surface area contributed by atoms with Crippen molar-refractivity contribution in [3.05, 3.63) is 65.9 Å². The van der Waals surface area contributed by atoms with E-state index in [1.54, 1.807) is 12.1 Å². The zero-order valence-corrected chi connectivity index (χ0v) is 21.4. The van der Waals surface area contributed by atoms with Crippen molar-refractivity contribution in [3.63, 3.8) is 0 Å². The summed E-state index contributed by atoms with van der Waals surface area (Å²) in [6, 6.07) is 18.1. The van der Waals surface area contributed by atoms with Gasteiger partial charge >= 0.3 is 0 Å². The van der Waals surface area contributed by atoms with Crippen LogP contribution in [-0.2, 0) is 17.6 Å². The molecule has 36 heavy (non-hydrogen) atoms. The van der Waals surface area contributed by atoms with E-state index < -0.39 is 0 Å². The van der Waals surface area contributed by atoms with Crippen LogP contribution in [0.2, 0.25) is 0 Å². The molecule has 0 spiro atoms. The number of aromatic nitrogens is 2. The number of carbonyl (C=O) groups excluding carboxylic acids is 1.